The monoisotopic (exact) mass is 259 g/mol. The Hall–Kier alpha value is -2.01. The van der Waals surface area contributed by atoms with E-state index in [1.807, 2.05) is 26.0 Å². The van der Waals surface area contributed by atoms with Gasteiger partial charge in [-0.3, -0.25) is 9.78 Å². The molecule has 0 aliphatic rings. The maximum absolute atomic E-state index is 11.7. The van der Waals surface area contributed by atoms with Gasteiger partial charge in [-0.2, -0.15) is 5.10 Å². The molecule has 0 unspecified atom stereocenters. The van der Waals surface area contributed by atoms with Crippen LogP contribution in [0.3, 0.4) is 0 Å². The third-order valence-corrected chi connectivity index (χ3v) is 3.47. The molecule has 2 aromatic heterocycles. The molecule has 0 aromatic carbocycles. The zero-order valence-electron chi connectivity index (χ0n) is 10.2. The molecule has 0 saturated heterocycles. The van der Waals surface area contributed by atoms with Gasteiger partial charge in [0.1, 0.15) is 0 Å². The van der Waals surface area contributed by atoms with Gasteiger partial charge in [-0.1, -0.05) is 0 Å². The van der Waals surface area contributed by atoms with E-state index in [1.54, 1.807) is 35.9 Å². The van der Waals surface area contributed by atoms with E-state index in [4.69, 9.17) is 0 Å². The first-order valence-corrected chi connectivity index (χ1v) is 6.30. The Morgan fingerprint density at radius 1 is 1.28 bits per heavy atom. The van der Waals surface area contributed by atoms with E-state index in [0.29, 0.717) is 5.56 Å². The number of nitrogens with zero attached hydrogens (tertiary/aromatic N) is 2. The van der Waals surface area contributed by atoms with Crippen molar-refractivity contribution in [3.8, 4) is 0 Å². The quantitative estimate of drug-likeness (QED) is 0.680. The van der Waals surface area contributed by atoms with Crippen molar-refractivity contribution in [2.45, 2.75) is 13.8 Å². The van der Waals surface area contributed by atoms with Crippen LogP contribution in [0.15, 0.2) is 41.8 Å². The standard InChI is InChI=1S/C13H13N3OS/c1-9-3-4-12(18-9)10(2)15-16-13(17)11-5-7-14-8-6-11/h3-8H,1-2H3,(H,16,17). The molecule has 0 radical (unpaired) electrons. The highest BCUT2D eigenvalue weighted by molar-refractivity contribution is 7.14. The molecular weight excluding hydrogens is 246 g/mol. The minimum atomic E-state index is -0.231. The number of hydrogen-bond acceptors (Lipinski definition) is 4. The summed E-state index contributed by atoms with van der Waals surface area (Å²) in [5.74, 6) is -0.231. The number of carbonyl (C=O) groups is 1. The molecule has 0 bridgehead atoms. The third-order valence-electron chi connectivity index (χ3n) is 2.36. The Labute approximate surface area is 109 Å². The fourth-order valence-electron chi connectivity index (χ4n) is 1.39. The molecule has 2 heterocycles. The summed E-state index contributed by atoms with van der Waals surface area (Å²) in [5, 5.41) is 4.09. The maximum Gasteiger partial charge on any atom is 0.271 e. The van der Waals surface area contributed by atoms with Crippen molar-refractivity contribution in [1.82, 2.24) is 10.4 Å². The first-order valence-electron chi connectivity index (χ1n) is 5.48. The van der Waals surface area contributed by atoms with Crippen LogP contribution in [0.25, 0.3) is 0 Å². The van der Waals surface area contributed by atoms with Gasteiger partial charge in [-0.25, -0.2) is 5.43 Å². The molecule has 0 spiro atoms. The Morgan fingerprint density at radius 3 is 2.61 bits per heavy atom. The van der Waals surface area contributed by atoms with E-state index < -0.39 is 0 Å². The van der Waals surface area contributed by atoms with Crippen LogP contribution in [0.1, 0.15) is 27.0 Å². The molecule has 18 heavy (non-hydrogen) atoms. The number of aromatic nitrogens is 1. The molecule has 92 valence electrons. The molecule has 2 rings (SSSR count). The normalized spacial score (nSPS) is 11.3. The SMILES string of the molecule is CC(=NNC(=O)c1ccncc1)c1ccc(C)s1. The Kier molecular flexibility index (Phi) is 3.84. The second-order valence-corrected chi connectivity index (χ2v) is 5.07. The van der Waals surface area contributed by atoms with E-state index in [2.05, 4.69) is 15.5 Å². The van der Waals surface area contributed by atoms with Crippen LogP contribution in [-0.2, 0) is 0 Å². The van der Waals surface area contributed by atoms with Crippen molar-refractivity contribution in [3.63, 3.8) is 0 Å². The Morgan fingerprint density at radius 2 is 2.00 bits per heavy atom. The molecule has 0 aliphatic carbocycles. The number of aryl methyl sites for hydroxylation is 1. The van der Waals surface area contributed by atoms with E-state index in [-0.39, 0.29) is 5.91 Å². The minimum absolute atomic E-state index is 0.231. The maximum atomic E-state index is 11.7. The molecule has 4 nitrogen and oxygen atoms in total. The average Bonchev–Trinajstić information content (AvgIpc) is 2.83. The van der Waals surface area contributed by atoms with Gasteiger partial charge in [0.25, 0.3) is 5.91 Å². The highest BCUT2D eigenvalue weighted by Crippen LogP contribution is 2.15. The Balaban J connectivity index is 2.05. The number of amides is 1. The van der Waals surface area contributed by atoms with Gasteiger partial charge in [-0.05, 0) is 38.1 Å². The topological polar surface area (TPSA) is 54.4 Å². The summed E-state index contributed by atoms with van der Waals surface area (Å²) >= 11 is 1.65. The fraction of sp³-hybridized carbons (Fsp3) is 0.154. The summed E-state index contributed by atoms with van der Waals surface area (Å²) < 4.78 is 0. The summed E-state index contributed by atoms with van der Waals surface area (Å²) in [6.07, 6.45) is 3.15. The number of hydrazone groups is 1. The van der Waals surface area contributed by atoms with Gasteiger partial charge in [0.05, 0.1) is 10.6 Å². The van der Waals surface area contributed by atoms with Crippen molar-refractivity contribution in [2.75, 3.05) is 0 Å². The van der Waals surface area contributed by atoms with Crippen LogP contribution in [0.5, 0.6) is 0 Å². The van der Waals surface area contributed by atoms with Crippen molar-refractivity contribution >= 4 is 23.0 Å². The average molecular weight is 259 g/mol. The molecule has 0 saturated carbocycles. The lowest BCUT2D eigenvalue weighted by Gasteiger charge is -2.00. The van der Waals surface area contributed by atoms with Gasteiger partial charge in [0, 0.05) is 22.8 Å². The molecule has 5 heteroatoms. The second kappa shape index (κ2) is 5.55. The molecule has 1 N–H and O–H groups in total. The van der Waals surface area contributed by atoms with E-state index in [1.165, 1.54) is 4.88 Å². The van der Waals surface area contributed by atoms with Gasteiger partial charge < -0.3 is 0 Å². The zero-order chi connectivity index (χ0) is 13.0. The van der Waals surface area contributed by atoms with Crippen molar-refractivity contribution < 1.29 is 4.79 Å². The predicted octanol–water partition coefficient (Wildman–Crippen LogP) is 2.61. The van der Waals surface area contributed by atoms with Crippen LogP contribution in [0.4, 0.5) is 0 Å². The van der Waals surface area contributed by atoms with E-state index >= 15 is 0 Å². The van der Waals surface area contributed by atoms with Crippen LogP contribution in [0, 0.1) is 6.92 Å². The summed E-state index contributed by atoms with van der Waals surface area (Å²) in [7, 11) is 0. The van der Waals surface area contributed by atoms with Crippen LogP contribution in [-0.4, -0.2) is 16.6 Å². The van der Waals surface area contributed by atoms with Crippen LogP contribution in [0.2, 0.25) is 0 Å². The summed E-state index contributed by atoms with van der Waals surface area (Å²) in [6, 6.07) is 7.33. The lowest BCUT2D eigenvalue weighted by atomic mass is 10.3. The lowest BCUT2D eigenvalue weighted by Crippen LogP contribution is -2.19. The fourth-order valence-corrected chi connectivity index (χ4v) is 2.20. The number of nitrogens with one attached hydrogen (secondary N) is 1. The molecule has 0 atom stereocenters. The second-order valence-electron chi connectivity index (χ2n) is 3.78. The number of pyridine rings is 1. The molecule has 2 aromatic rings. The summed E-state index contributed by atoms with van der Waals surface area (Å²) in [5.41, 5.74) is 3.88. The van der Waals surface area contributed by atoms with E-state index in [0.717, 1.165) is 10.6 Å². The van der Waals surface area contributed by atoms with Crippen molar-refractivity contribution in [1.29, 1.82) is 0 Å². The predicted molar refractivity (Wildman–Crippen MR) is 73.0 cm³/mol. The first-order chi connectivity index (χ1) is 8.66. The van der Waals surface area contributed by atoms with Crippen LogP contribution < -0.4 is 5.43 Å². The van der Waals surface area contributed by atoms with Gasteiger partial charge >= 0.3 is 0 Å². The van der Waals surface area contributed by atoms with Gasteiger partial charge in [-0.15, -0.1) is 11.3 Å². The number of thiophene rings is 1. The summed E-state index contributed by atoms with van der Waals surface area (Å²) in [6.45, 7) is 3.91. The minimum Gasteiger partial charge on any atom is -0.267 e. The molecule has 0 fully saturated rings. The largest absolute Gasteiger partial charge is 0.271 e. The lowest BCUT2D eigenvalue weighted by molar-refractivity contribution is 0.0954. The van der Waals surface area contributed by atoms with Crippen LogP contribution >= 0.6 is 11.3 Å². The van der Waals surface area contributed by atoms with E-state index in [9.17, 15) is 4.79 Å². The number of hydrogen-bond donors (Lipinski definition) is 1. The first kappa shape index (κ1) is 12.4. The molecule has 0 aliphatic heterocycles. The van der Waals surface area contributed by atoms with Gasteiger partial charge in [0.2, 0.25) is 0 Å². The molecular formula is C13H13N3OS. The highest BCUT2D eigenvalue weighted by atomic mass is 32.1. The third kappa shape index (κ3) is 3.01. The van der Waals surface area contributed by atoms with Gasteiger partial charge in [0.15, 0.2) is 0 Å². The van der Waals surface area contributed by atoms with Crippen molar-refractivity contribution in [3.05, 3.63) is 52.0 Å². The summed E-state index contributed by atoms with van der Waals surface area (Å²) in [4.78, 5) is 17.9. The molecule has 1 amide bonds. The number of rotatable bonds is 3. The Bertz CT molecular complexity index is 575. The zero-order valence-corrected chi connectivity index (χ0v) is 11.0. The number of carbonyl (C=O) groups excluding carboxylic acids is 1. The van der Waals surface area contributed by atoms with Crippen molar-refractivity contribution in [2.24, 2.45) is 5.10 Å². The smallest absolute Gasteiger partial charge is 0.267 e. The highest BCUT2D eigenvalue weighted by Gasteiger charge is 2.04.